The number of likely N-dealkylation sites (N-methyl/N-ethyl adjacent to an activating group) is 1. The maximum absolute atomic E-state index is 9.37. The molecule has 0 radical (unpaired) electrons. The van der Waals surface area contributed by atoms with Crippen molar-refractivity contribution in [3.05, 3.63) is 23.8 Å². The van der Waals surface area contributed by atoms with Crippen molar-refractivity contribution in [2.75, 3.05) is 20.2 Å². The number of rotatable bonds is 3. The first-order valence-corrected chi connectivity index (χ1v) is 5.74. The molecule has 0 amide bonds. The molecule has 3 nitrogen and oxygen atoms in total. The summed E-state index contributed by atoms with van der Waals surface area (Å²) in [5, 5.41) is 9.37. The highest BCUT2D eigenvalue weighted by molar-refractivity contribution is 5.44. The lowest BCUT2D eigenvalue weighted by Gasteiger charge is -2.25. The van der Waals surface area contributed by atoms with E-state index >= 15 is 0 Å². The smallest absolute Gasteiger partial charge is 0.127 e. The summed E-state index contributed by atoms with van der Waals surface area (Å²) in [6, 6.07) is 5.69. The lowest BCUT2D eigenvalue weighted by molar-refractivity contribution is 0.180. The summed E-state index contributed by atoms with van der Waals surface area (Å²) in [5.74, 6) is 1.73. The van der Waals surface area contributed by atoms with E-state index in [0.717, 1.165) is 12.3 Å². The molecule has 1 aliphatic rings. The second-order valence-corrected chi connectivity index (χ2v) is 4.88. The molecule has 16 heavy (non-hydrogen) atoms. The van der Waals surface area contributed by atoms with Gasteiger partial charge in [0.05, 0.1) is 6.04 Å². The van der Waals surface area contributed by atoms with Crippen LogP contribution in [0.3, 0.4) is 0 Å². The summed E-state index contributed by atoms with van der Waals surface area (Å²) in [7, 11) is 2.12. The summed E-state index contributed by atoms with van der Waals surface area (Å²) >= 11 is 0. The van der Waals surface area contributed by atoms with Gasteiger partial charge < -0.3 is 9.84 Å². The monoisotopic (exact) mass is 221 g/mol. The van der Waals surface area contributed by atoms with Crippen LogP contribution in [0.5, 0.6) is 11.5 Å². The van der Waals surface area contributed by atoms with Crippen LogP contribution in [-0.2, 0) is 0 Å². The zero-order chi connectivity index (χ0) is 11.7. The number of fused-ring (bicyclic) bond motifs is 1. The van der Waals surface area contributed by atoms with Crippen LogP contribution in [0.1, 0.15) is 25.5 Å². The van der Waals surface area contributed by atoms with E-state index in [1.165, 1.54) is 5.56 Å². The Labute approximate surface area is 96.6 Å². The Balaban J connectivity index is 2.17. The highest BCUT2D eigenvalue weighted by Crippen LogP contribution is 2.37. The van der Waals surface area contributed by atoms with Crippen molar-refractivity contribution in [3.8, 4) is 11.5 Å². The fraction of sp³-hybridized carbons (Fsp3) is 0.538. The third kappa shape index (κ3) is 2.14. The van der Waals surface area contributed by atoms with Gasteiger partial charge in [-0.1, -0.05) is 13.8 Å². The highest BCUT2D eigenvalue weighted by Gasteiger charge is 2.27. The molecule has 1 aliphatic heterocycles. The van der Waals surface area contributed by atoms with Crippen molar-refractivity contribution >= 4 is 0 Å². The summed E-state index contributed by atoms with van der Waals surface area (Å²) < 4.78 is 5.59. The average Bonchev–Trinajstić information content (AvgIpc) is 2.59. The molecule has 2 rings (SSSR count). The van der Waals surface area contributed by atoms with E-state index in [1.807, 2.05) is 6.07 Å². The lowest BCUT2D eigenvalue weighted by Crippen LogP contribution is -2.29. The Morgan fingerprint density at radius 2 is 2.25 bits per heavy atom. The number of benzene rings is 1. The molecule has 0 saturated heterocycles. The van der Waals surface area contributed by atoms with Gasteiger partial charge in [0.2, 0.25) is 0 Å². The van der Waals surface area contributed by atoms with Crippen molar-refractivity contribution in [2.24, 2.45) is 5.92 Å². The molecule has 0 aromatic heterocycles. The number of ether oxygens (including phenoxy) is 1. The molecule has 88 valence electrons. The molecule has 0 saturated carbocycles. The molecule has 0 bridgehead atoms. The van der Waals surface area contributed by atoms with Gasteiger partial charge >= 0.3 is 0 Å². The Hall–Kier alpha value is -1.22. The van der Waals surface area contributed by atoms with E-state index in [-0.39, 0.29) is 5.75 Å². The van der Waals surface area contributed by atoms with Gasteiger partial charge in [0.1, 0.15) is 18.1 Å². The van der Waals surface area contributed by atoms with Crippen LogP contribution in [0.25, 0.3) is 0 Å². The van der Waals surface area contributed by atoms with E-state index in [1.54, 1.807) is 12.1 Å². The van der Waals surface area contributed by atoms with Crippen molar-refractivity contribution < 1.29 is 9.84 Å². The molecule has 1 aromatic carbocycles. The Morgan fingerprint density at radius 3 is 2.94 bits per heavy atom. The predicted octanol–water partition coefficient (Wildman–Crippen LogP) is 2.41. The second-order valence-electron chi connectivity index (χ2n) is 4.88. The van der Waals surface area contributed by atoms with Crippen LogP contribution in [0.2, 0.25) is 0 Å². The van der Waals surface area contributed by atoms with Crippen LogP contribution in [0, 0.1) is 5.92 Å². The molecular formula is C13H19NO2. The van der Waals surface area contributed by atoms with Gasteiger partial charge in [-0.3, -0.25) is 4.90 Å². The quantitative estimate of drug-likeness (QED) is 0.850. The zero-order valence-electron chi connectivity index (χ0n) is 10.1. The topological polar surface area (TPSA) is 32.7 Å². The molecule has 3 heteroatoms. The standard InChI is InChI=1S/C13H19NO2/c1-9(2)7-14(3)12-8-16-13-6-10(15)4-5-11(12)13/h4-6,9,12,15H,7-8H2,1-3H3. The van der Waals surface area contributed by atoms with Crippen LogP contribution >= 0.6 is 0 Å². The first-order valence-electron chi connectivity index (χ1n) is 5.74. The molecule has 0 fully saturated rings. The van der Waals surface area contributed by atoms with Crippen LogP contribution in [0.15, 0.2) is 18.2 Å². The van der Waals surface area contributed by atoms with Gasteiger partial charge in [0.15, 0.2) is 0 Å². The fourth-order valence-electron chi connectivity index (χ4n) is 2.25. The molecule has 1 heterocycles. The van der Waals surface area contributed by atoms with Crippen LogP contribution in [-0.4, -0.2) is 30.2 Å². The second kappa shape index (κ2) is 4.34. The molecular weight excluding hydrogens is 202 g/mol. The summed E-state index contributed by atoms with van der Waals surface area (Å²) in [4.78, 5) is 2.31. The highest BCUT2D eigenvalue weighted by atomic mass is 16.5. The number of aromatic hydroxyl groups is 1. The third-order valence-corrected chi connectivity index (χ3v) is 2.94. The van der Waals surface area contributed by atoms with Gasteiger partial charge in [-0.2, -0.15) is 0 Å². The van der Waals surface area contributed by atoms with Crippen molar-refractivity contribution in [3.63, 3.8) is 0 Å². The molecule has 1 aromatic rings. The number of phenolic OH excluding ortho intramolecular Hbond substituents is 1. The molecule has 0 aliphatic carbocycles. The van der Waals surface area contributed by atoms with Crippen LogP contribution < -0.4 is 4.74 Å². The normalized spacial score (nSPS) is 18.9. The van der Waals surface area contributed by atoms with E-state index in [4.69, 9.17) is 4.74 Å². The first kappa shape index (κ1) is 11.3. The minimum absolute atomic E-state index is 0.269. The van der Waals surface area contributed by atoms with Gasteiger partial charge in [0.25, 0.3) is 0 Å². The minimum atomic E-state index is 0.269. The molecule has 1 N–H and O–H groups in total. The summed E-state index contributed by atoms with van der Waals surface area (Å²) in [6.45, 7) is 6.16. The first-order chi connectivity index (χ1) is 7.58. The maximum atomic E-state index is 9.37. The summed E-state index contributed by atoms with van der Waals surface area (Å²) in [6.07, 6.45) is 0. The lowest BCUT2D eigenvalue weighted by atomic mass is 10.1. The largest absolute Gasteiger partial charge is 0.508 e. The Bertz CT molecular complexity index is 376. The zero-order valence-corrected chi connectivity index (χ0v) is 10.1. The van der Waals surface area contributed by atoms with Crippen LogP contribution in [0.4, 0.5) is 0 Å². The Kier molecular flexibility index (Phi) is 3.06. The molecule has 1 unspecified atom stereocenters. The third-order valence-electron chi connectivity index (χ3n) is 2.94. The van der Waals surface area contributed by atoms with Gasteiger partial charge in [-0.05, 0) is 25.1 Å². The number of phenols is 1. The van der Waals surface area contributed by atoms with Crippen molar-refractivity contribution in [1.82, 2.24) is 4.90 Å². The molecule has 0 spiro atoms. The van der Waals surface area contributed by atoms with Crippen molar-refractivity contribution in [1.29, 1.82) is 0 Å². The minimum Gasteiger partial charge on any atom is -0.508 e. The fourth-order valence-corrected chi connectivity index (χ4v) is 2.25. The van der Waals surface area contributed by atoms with E-state index < -0.39 is 0 Å². The number of hydrogen-bond acceptors (Lipinski definition) is 3. The average molecular weight is 221 g/mol. The van der Waals surface area contributed by atoms with E-state index in [0.29, 0.717) is 18.6 Å². The van der Waals surface area contributed by atoms with Crippen molar-refractivity contribution in [2.45, 2.75) is 19.9 Å². The van der Waals surface area contributed by atoms with E-state index in [2.05, 4.69) is 25.8 Å². The Morgan fingerprint density at radius 1 is 1.50 bits per heavy atom. The van der Waals surface area contributed by atoms with Gasteiger partial charge in [-0.15, -0.1) is 0 Å². The molecule has 1 atom stereocenters. The SMILES string of the molecule is CC(C)CN(C)C1COc2cc(O)ccc21. The maximum Gasteiger partial charge on any atom is 0.127 e. The number of nitrogens with zero attached hydrogens (tertiary/aromatic N) is 1. The summed E-state index contributed by atoms with van der Waals surface area (Å²) in [5.41, 5.74) is 1.18. The van der Waals surface area contributed by atoms with E-state index in [9.17, 15) is 5.11 Å². The van der Waals surface area contributed by atoms with Gasteiger partial charge in [-0.25, -0.2) is 0 Å². The van der Waals surface area contributed by atoms with Gasteiger partial charge in [0, 0.05) is 18.2 Å². The predicted molar refractivity (Wildman–Crippen MR) is 63.8 cm³/mol. The number of hydrogen-bond donors (Lipinski definition) is 1.